The highest BCUT2D eigenvalue weighted by Crippen LogP contribution is 2.17. The number of aromatic nitrogens is 2. The second-order valence-electron chi connectivity index (χ2n) is 3.85. The van der Waals surface area contributed by atoms with Crippen LogP contribution in [0.15, 0.2) is 6.33 Å². The minimum atomic E-state index is -0.207. The van der Waals surface area contributed by atoms with Crippen LogP contribution < -0.4 is 5.32 Å². The third-order valence-corrected chi connectivity index (χ3v) is 3.31. The summed E-state index contributed by atoms with van der Waals surface area (Å²) in [7, 11) is 0. The normalized spacial score (nSPS) is 16.9. The molecule has 1 aliphatic rings. The largest absolute Gasteiger partial charge is 0.450 e. The number of amides is 1. The second-order valence-corrected chi connectivity index (χ2v) is 4.63. The predicted octanol–water partition coefficient (Wildman–Crippen LogP) is 1.57. The Morgan fingerprint density at radius 1 is 1.65 bits per heavy atom. The fourth-order valence-electron chi connectivity index (χ4n) is 1.83. The molecular weight excluding hydrogens is 240 g/mol. The van der Waals surface area contributed by atoms with Gasteiger partial charge in [0.25, 0.3) is 0 Å². The molecule has 1 aromatic heterocycles. The van der Waals surface area contributed by atoms with Crippen LogP contribution in [-0.2, 0) is 4.74 Å². The Bertz CT molecular complexity index is 349. The predicted molar refractivity (Wildman–Crippen MR) is 65.1 cm³/mol. The molecule has 94 valence electrons. The lowest BCUT2D eigenvalue weighted by atomic mass is 10.1. The van der Waals surface area contributed by atoms with Crippen molar-refractivity contribution in [3.63, 3.8) is 0 Å². The number of hydrogen-bond acceptors (Lipinski definition) is 6. The van der Waals surface area contributed by atoms with E-state index in [1.165, 1.54) is 11.5 Å². The van der Waals surface area contributed by atoms with Crippen LogP contribution in [0.4, 0.5) is 9.93 Å². The fourth-order valence-corrected chi connectivity index (χ4v) is 2.34. The van der Waals surface area contributed by atoms with E-state index in [9.17, 15) is 4.79 Å². The minimum absolute atomic E-state index is 0.207. The Morgan fingerprint density at radius 2 is 2.41 bits per heavy atom. The molecule has 0 unspecified atom stereocenters. The lowest BCUT2D eigenvalue weighted by molar-refractivity contribution is 0.0983. The van der Waals surface area contributed by atoms with E-state index in [0.29, 0.717) is 12.6 Å². The van der Waals surface area contributed by atoms with Gasteiger partial charge in [-0.05, 0) is 19.8 Å². The van der Waals surface area contributed by atoms with Gasteiger partial charge in [-0.1, -0.05) is 0 Å². The minimum Gasteiger partial charge on any atom is -0.450 e. The number of carbonyl (C=O) groups is 1. The van der Waals surface area contributed by atoms with Crippen LogP contribution >= 0.6 is 11.5 Å². The Kier molecular flexibility index (Phi) is 4.13. The van der Waals surface area contributed by atoms with E-state index in [4.69, 9.17) is 4.74 Å². The summed E-state index contributed by atoms with van der Waals surface area (Å²) in [5.74, 6) is 0. The molecule has 17 heavy (non-hydrogen) atoms. The number of carbonyl (C=O) groups excluding carboxylic acids is 1. The van der Waals surface area contributed by atoms with Crippen molar-refractivity contribution >= 4 is 22.8 Å². The molecule has 0 radical (unpaired) electrons. The Morgan fingerprint density at radius 3 is 3.00 bits per heavy atom. The van der Waals surface area contributed by atoms with Crippen molar-refractivity contribution in [2.75, 3.05) is 25.0 Å². The zero-order valence-electron chi connectivity index (χ0n) is 9.76. The van der Waals surface area contributed by atoms with Crippen LogP contribution in [0.5, 0.6) is 0 Å². The summed E-state index contributed by atoms with van der Waals surface area (Å²) in [5, 5.41) is 4.17. The third-order valence-electron chi connectivity index (χ3n) is 2.71. The Hall–Kier alpha value is -1.37. The number of piperidine rings is 1. The number of nitrogens with zero attached hydrogens (tertiary/aromatic N) is 3. The molecule has 0 atom stereocenters. The summed E-state index contributed by atoms with van der Waals surface area (Å²) in [5.41, 5.74) is 0. The average Bonchev–Trinajstić information content (AvgIpc) is 2.83. The summed E-state index contributed by atoms with van der Waals surface area (Å²) in [6.45, 7) is 3.72. The summed E-state index contributed by atoms with van der Waals surface area (Å²) in [4.78, 5) is 17.3. The number of hydrogen-bond donors (Lipinski definition) is 1. The molecule has 6 nitrogen and oxygen atoms in total. The molecule has 1 N–H and O–H groups in total. The van der Waals surface area contributed by atoms with E-state index in [2.05, 4.69) is 14.7 Å². The van der Waals surface area contributed by atoms with Crippen molar-refractivity contribution in [1.29, 1.82) is 0 Å². The van der Waals surface area contributed by atoms with Crippen LogP contribution in [0.1, 0.15) is 19.8 Å². The molecule has 1 aliphatic heterocycles. The summed E-state index contributed by atoms with van der Waals surface area (Å²) in [6, 6.07) is 0.369. The number of anilines is 1. The molecule has 1 saturated heterocycles. The smallest absolute Gasteiger partial charge is 0.409 e. The molecular formula is C10H16N4O2S. The molecule has 0 bridgehead atoms. The third kappa shape index (κ3) is 3.29. The van der Waals surface area contributed by atoms with Crippen LogP contribution in [0.25, 0.3) is 0 Å². The van der Waals surface area contributed by atoms with E-state index in [-0.39, 0.29) is 6.09 Å². The van der Waals surface area contributed by atoms with Gasteiger partial charge in [-0.25, -0.2) is 9.78 Å². The molecule has 0 saturated carbocycles. The Labute approximate surface area is 104 Å². The maximum absolute atomic E-state index is 11.5. The van der Waals surface area contributed by atoms with Gasteiger partial charge >= 0.3 is 6.09 Å². The van der Waals surface area contributed by atoms with Crippen LogP contribution in [0.3, 0.4) is 0 Å². The quantitative estimate of drug-likeness (QED) is 0.889. The average molecular weight is 256 g/mol. The lowest BCUT2D eigenvalue weighted by Crippen LogP contribution is -2.42. The van der Waals surface area contributed by atoms with E-state index in [1.54, 1.807) is 11.2 Å². The van der Waals surface area contributed by atoms with Gasteiger partial charge in [0.15, 0.2) is 0 Å². The first-order valence-corrected chi connectivity index (χ1v) is 6.52. The molecule has 7 heteroatoms. The van der Waals surface area contributed by atoms with Gasteiger partial charge in [-0.2, -0.15) is 4.37 Å². The topological polar surface area (TPSA) is 67.3 Å². The van der Waals surface area contributed by atoms with Gasteiger partial charge in [0, 0.05) is 30.7 Å². The second kappa shape index (κ2) is 5.81. The SMILES string of the molecule is CCOC(=O)N1CCC(Nc2ncns2)CC1. The van der Waals surface area contributed by atoms with Crippen LogP contribution in [0, 0.1) is 0 Å². The van der Waals surface area contributed by atoms with Crippen molar-refractivity contribution in [1.82, 2.24) is 14.3 Å². The highest BCUT2D eigenvalue weighted by Gasteiger charge is 2.23. The van der Waals surface area contributed by atoms with E-state index < -0.39 is 0 Å². The van der Waals surface area contributed by atoms with Gasteiger partial charge < -0.3 is 15.0 Å². The number of ether oxygens (including phenoxy) is 1. The van der Waals surface area contributed by atoms with Crippen molar-refractivity contribution in [3.8, 4) is 0 Å². The van der Waals surface area contributed by atoms with E-state index in [0.717, 1.165) is 31.1 Å². The van der Waals surface area contributed by atoms with Gasteiger partial charge in [0.1, 0.15) is 6.33 Å². The highest BCUT2D eigenvalue weighted by atomic mass is 32.1. The van der Waals surface area contributed by atoms with Crippen molar-refractivity contribution in [3.05, 3.63) is 6.33 Å². The standard InChI is InChI=1S/C10H16N4O2S/c1-2-16-10(15)14-5-3-8(4-6-14)13-9-11-7-12-17-9/h7-8H,2-6H2,1H3,(H,11,12,13). The summed E-state index contributed by atoms with van der Waals surface area (Å²) >= 11 is 1.35. The van der Waals surface area contributed by atoms with Crippen LogP contribution in [0.2, 0.25) is 0 Å². The number of nitrogens with one attached hydrogen (secondary N) is 1. The number of likely N-dealkylation sites (tertiary alicyclic amines) is 1. The van der Waals surface area contributed by atoms with E-state index >= 15 is 0 Å². The first kappa shape index (κ1) is 12.1. The first-order chi connectivity index (χ1) is 8.29. The molecule has 0 spiro atoms. The van der Waals surface area contributed by atoms with Gasteiger partial charge in [0.2, 0.25) is 5.13 Å². The first-order valence-electron chi connectivity index (χ1n) is 5.74. The van der Waals surface area contributed by atoms with Gasteiger partial charge in [-0.15, -0.1) is 0 Å². The summed E-state index contributed by atoms with van der Waals surface area (Å²) in [6.07, 6.45) is 3.17. The van der Waals surface area contributed by atoms with Crippen molar-refractivity contribution in [2.45, 2.75) is 25.8 Å². The molecule has 1 amide bonds. The van der Waals surface area contributed by atoms with Crippen LogP contribution in [-0.4, -0.2) is 46.1 Å². The van der Waals surface area contributed by atoms with E-state index in [1.807, 2.05) is 6.92 Å². The van der Waals surface area contributed by atoms with Crippen molar-refractivity contribution < 1.29 is 9.53 Å². The number of rotatable bonds is 3. The Balaban J connectivity index is 1.76. The zero-order valence-corrected chi connectivity index (χ0v) is 10.6. The lowest BCUT2D eigenvalue weighted by Gasteiger charge is -2.31. The maximum Gasteiger partial charge on any atom is 0.409 e. The monoisotopic (exact) mass is 256 g/mol. The van der Waals surface area contributed by atoms with Gasteiger partial charge in [0.05, 0.1) is 6.61 Å². The molecule has 0 aromatic carbocycles. The molecule has 2 rings (SSSR count). The zero-order chi connectivity index (χ0) is 12.1. The fraction of sp³-hybridized carbons (Fsp3) is 0.700. The molecule has 1 fully saturated rings. The van der Waals surface area contributed by atoms with Gasteiger partial charge in [-0.3, -0.25) is 0 Å². The molecule has 1 aromatic rings. The highest BCUT2D eigenvalue weighted by molar-refractivity contribution is 7.09. The van der Waals surface area contributed by atoms with Crippen molar-refractivity contribution in [2.24, 2.45) is 0 Å². The molecule has 2 heterocycles. The summed E-state index contributed by atoms with van der Waals surface area (Å²) < 4.78 is 8.91. The maximum atomic E-state index is 11.5. The molecule has 0 aliphatic carbocycles.